The topological polar surface area (TPSA) is 58.5 Å². The zero-order valence-electron chi connectivity index (χ0n) is 21.4. The standard InChI is InChI=1S/C31H32FN5/c1-20-30(21(2)37(36-20)19-24-4-3-5-27(32)15-24)29-18-35-31-28(29)16-26(17-34-31)25-8-6-22(7-9-25)14-23-10-12-33-13-11-23/h3-9,15-18,23,33H,10-14,19H2,1-2H3,(H,34,35). The van der Waals surface area contributed by atoms with Gasteiger partial charge in [-0.2, -0.15) is 5.10 Å². The Labute approximate surface area is 216 Å². The van der Waals surface area contributed by atoms with Crippen molar-refractivity contribution in [2.75, 3.05) is 13.1 Å². The number of H-pyrrole nitrogens is 1. The quantitative estimate of drug-likeness (QED) is 0.286. The number of nitrogens with one attached hydrogen (secondary N) is 2. The van der Waals surface area contributed by atoms with E-state index >= 15 is 0 Å². The summed E-state index contributed by atoms with van der Waals surface area (Å²) in [5, 5.41) is 9.32. The highest BCUT2D eigenvalue weighted by molar-refractivity contribution is 5.97. The van der Waals surface area contributed by atoms with E-state index in [2.05, 4.69) is 47.6 Å². The molecule has 0 radical (unpaired) electrons. The van der Waals surface area contributed by atoms with E-state index in [1.165, 1.54) is 30.0 Å². The third-order valence-corrected chi connectivity index (χ3v) is 7.67. The van der Waals surface area contributed by atoms with Crippen molar-refractivity contribution in [3.8, 4) is 22.3 Å². The lowest BCUT2D eigenvalue weighted by Crippen LogP contribution is -2.28. The number of rotatable bonds is 6. The van der Waals surface area contributed by atoms with Gasteiger partial charge in [-0.05, 0) is 87.0 Å². The predicted octanol–water partition coefficient (Wildman–Crippen LogP) is 6.44. The third kappa shape index (κ3) is 4.81. The number of fused-ring (bicyclic) bond motifs is 1. The van der Waals surface area contributed by atoms with Crippen molar-refractivity contribution >= 4 is 11.0 Å². The molecule has 6 heteroatoms. The number of pyridine rings is 1. The van der Waals surface area contributed by atoms with Crippen LogP contribution in [0.25, 0.3) is 33.3 Å². The second kappa shape index (κ2) is 9.94. The lowest BCUT2D eigenvalue weighted by atomic mass is 9.90. The van der Waals surface area contributed by atoms with Crippen molar-refractivity contribution in [1.82, 2.24) is 25.1 Å². The number of piperidine rings is 1. The Bertz CT molecular complexity index is 1540. The van der Waals surface area contributed by atoms with E-state index in [0.717, 1.165) is 70.1 Å². The molecule has 5 aromatic rings. The minimum atomic E-state index is -0.228. The number of aromatic amines is 1. The molecule has 5 nitrogen and oxygen atoms in total. The third-order valence-electron chi connectivity index (χ3n) is 7.67. The molecule has 1 aliphatic heterocycles. The molecule has 0 atom stereocenters. The van der Waals surface area contributed by atoms with E-state index in [-0.39, 0.29) is 5.82 Å². The molecule has 0 unspecified atom stereocenters. The highest BCUT2D eigenvalue weighted by Crippen LogP contribution is 2.35. The molecule has 4 heterocycles. The normalized spacial score (nSPS) is 14.5. The average Bonchev–Trinajstić information content (AvgIpc) is 3.44. The summed E-state index contributed by atoms with van der Waals surface area (Å²) < 4.78 is 15.7. The molecule has 1 fully saturated rings. The fourth-order valence-electron chi connectivity index (χ4n) is 5.67. The summed E-state index contributed by atoms with van der Waals surface area (Å²) in [5.41, 5.74) is 9.62. The summed E-state index contributed by atoms with van der Waals surface area (Å²) in [6.45, 7) is 6.90. The Morgan fingerprint density at radius 1 is 0.973 bits per heavy atom. The number of hydrogen-bond acceptors (Lipinski definition) is 3. The SMILES string of the molecule is Cc1nn(Cc2cccc(F)c2)c(C)c1-c1c[nH]c2ncc(-c3ccc(CC4CCNCC4)cc3)cc12. The van der Waals surface area contributed by atoms with Crippen LogP contribution >= 0.6 is 0 Å². The molecule has 0 amide bonds. The molecule has 0 spiro atoms. The van der Waals surface area contributed by atoms with Crippen molar-refractivity contribution in [3.05, 3.63) is 95.3 Å². The molecule has 188 valence electrons. The van der Waals surface area contributed by atoms with Gasteiger partial charge in [0.25, 0.3) is 0 Å². The lowest BCUT2D eigenvalue weighted by Gasteiger charge is -2.22. The second-order valence-corrected chi connectivity index (χ2v) is 10.3. The van der Waals surface area contributed by atoms with Gasteiger partial charge in [-0.1, -0.05) is 36.4 Å². The molecule has 0 saturated carbocycles. The monoisotopic (exact) mass is 493 g/mol. The van der Waals surface area contributed by atoms with Gasteiger partial charge in [-0.3, -0.25) is 4.68 Å². The van der Waals surface area contributed by atoms with Gasteiger partial charge >= 0.3 is 0 Å². The van der Waals surface area contributed by atoms with Crippen LogP contribution in [0.2, 0.25) is 0 Å². The summed E-state index contributed by atoms with van der Waals surface area (Å²) in [4.78, 5) is 8.07. The average molecular weight is 494 g/mol. The van der Waals surface area contributed by atoms with Gasteiger partial charge in [-0.15, -0.1) is 0 Å². The van der Waals surface area contributed by atoms with Crippen LogP contribution in [-0.4, -0.2) is 32.8 Å². The molecule has 0 bridgehead atoms. The van der Waals surface area contributed by atoms with E-state index in [4.69, 9.17) is 10.1 Å². The van der Waals surface area contributed by atoms with Crippen LogP contribution in [0.5, 0.6) is 0 Å². The first-order chi connectivity index (χ1) is 18.0. The second-order valence-electron chi connectivity index (χ2n) is 10.3. The van der Waals surface area contributed by atoms with Gasteiger partial charge in [0.15, 0.2) is 0 Å². The van der Waals surface area contributed by atoms with Gasteiger partial charge < -0.3 is 10.3 Å². The summed E-state index contributed by atoms with van der Waals surface area (Å²) in [6, 6.07) is 17.9. The number of halogens is 1. The van der Waals surface area contributed by atoms with Crippen molar-refractivity contribution in [2.24, 2.45) is 5.92 Å². The van der Waals surface area contributed by atoms with Gasteiger partial charge in [0, 0.05) is 40.2 Å². The summed E-state index contributed by atoms with van der Waals surface area (Å²) >= 11 is 0. The molecule has 0 aliphatic carbocycles. The number of hydrogen-bond donors (Lipinski definition) is 2. The molecule has 1 saturated heterocycles. The maximum atomic E-state index is 13.7. The Hall–Kier alpha value is -3.77. The maximum Gasteiger partial charge on any atom is 0.137 e. The first-order valence-electron chi connectivity index (χ1n) is 13.1. The predicted molar refractivity (Wildman–Crippen MR) is 147 cm³/mol. The summed E-state index contributed by atoms with van der Waals surface area (Å²) in [6.07, 6.45) is 7.64. The molecule has 6 rings (SSSR count). The molecule has 2 aromatic carbocycles. The van der Waals surface area contributed by atoms with Gasteiger partial charge in [-0.25, -0.2) is 9.37 Å². The van der Waals surface area contributed by atoms with E-state index in [0.29, 0.717) is 6.54 Å². The van der Waals surface area contributed by atoms with E-state index in [1.54, 1.807) is 12.1 Å². The van der Waals surface area contributed by atoms with E-state index < -0.39 is 0 Å². The van der Waals surface area contributed by atoms with Crippen molar-refractivity contribution in [2.45, 2.75) is 39.7 Å². The van der Waals surface area contributed by atoms with Crippen LogP contribution in [0.1, 0.15) is 35.4 Å². The van der Waals surface area contributed by atoms with Gasteiger partial charge in [0.1, 0.15) is 11.5 Å². The number of aryl methyl sites for hydroxylation is 1. The van der Waals surface area contributed by atoms with Crippen LogP contribution in [0.4, 0.5) is 4.39 Å². The summed E-state index contributed by atoms with van der Waals surface area (Å²) in [7, 11) is 0. The molecular weight excluding hydrogens is 461 g/mol. The lowest BCUT2D eigenvalue weighted by molar-refractivity contribution is 0.372. The van der Waals surface area contributed by atoms with Crippen molar-refractivity contribution < 1.29 is 4.39 Å². The van der Waals surface area contributed by atoms with Crippen LogP contribution in [-0.2, 0) is 13.0 Å². The van der Waals surface area contributed by atoms with Gasteiger partial charge in [0.2, 0.25) is 0 Å². The summed E-state index contributed by atoms with van der Waals surface area (Å²) in [5.74, 6) is 0.551. The number of aromatic nitrogens is 4. The van der Waals surface area contributed by atoms with Crippen LogP contribution in [0.3, 0.4) is 0 Å². The smallest absolute Gasteiger partial charge is 0.137 e. The van der Waals surface area contributed by atoms with E-state index in [1.807, 2.05) is 30.1 Å². The Kier molecular flexibility index (Phi) is 6.35. The first kappa shape index (κ1) is 23.6. The fourth-order valence-corrected chi connectivity index (χ4v) is 5.67. The van der Waals surface area contributed by atoms with Crippen LogP contribution < -0.4 is 5.32 Å². The molecule has 37 heavy (non-hydrogen) atoms. The minimum absolute atomic E-state index is 0.228. The Balaban J connectivity index is 1.29. The van der Waals surface area contributed by atoms with Crippen LogP contribution in [0.15, 0.2) is 67.0 Å². The van der Waals surface area contributed by atoms with Crippen molar-refractivity contribution in [3.63, 3.8) is 0 Å². The van der Waals surface area contributed by atoms with Crippen molar-refractivity contribution in [1.29, 1.82) is 0 Å². The fraction of sp³-hybridized carbons (Fsp3) is 0.290. The largest absolute Gasteiger partial charge is 0.346 e. The Morgan fingerprint density at radius 2 is 1.78 bits per heavy atom. The zero-order chi connectivity index (χ0) is 25.4. The first-order valence-corrected chi connectivity index (χ1v) is 13.1. The Morgan fingerprint density at radius 3 is 2.57 bits per heavy atom. The maximum absolute atomic E-state index is 13.7. The van der Waals surface area contributed by atoms with E-state index in [9.17, 15) is 4.39 Å². The zero-order valence-corrected chi connectivity index (χ0v) is 21.4. The number of nitrogens with zero attached hydrogens (tertiary/aromatic N) is 3. The highest BCUT2D eigenvalue weighted by atomic mass is 19.1. The molecule has 1 aliphatic rings. The van der Waals surface area contributed by atoms with Crippen LogP contribution in [0, 0.1) is 25.6 Å². The molecule has 2 N–H and O–H groups in total. The highest BCUT2D eigenvalue weighted by Gasteiger charge is 2.18. The minimum Gasteiger partial charge on any atom is -0.346 e. The molecular formula is C31H32FN5. The molecule has 3 aromatic heterocycles. The van der Waals surface area contributed by atoms with Gasteiger partial charge in [0.05, 0.1) is 12.2 Å². The number of benzene rings is 2.